The number of para-hydroxylation sites is 1. The molecule has 0 fully saturated rings. The first kappa shape index (κ1) is 17.3. The Balaban J connectivity index is 1.63. The summed E-state index contributed by atoms with van der Waals surface area (Å²) in [6, 6.07) is 19.1. The molecule has 0 bridgehead atoms. The lowest BCUT2D eigenvalue weighted by Gasteiger charge is -2.23. The van der Waals surface area contributed by atoms with Crippen molar-refractivity contribution in [3.05, 3.63) is 102 Å². The van der Waals surface area contributed by atoms with Gasteiger partial charge in [-0.15, -0.1) is 0 Å². The van der Waals surface area contributed by atoms with Crippen LogP contribution in [0.5, 0.6) is 0 Å². The van der Waals surface area contributed by atoms with Crippen molar-refractivity contribution in [1.29, 1.82) is 0 Å². The van der Waals surface area contributed by atoms with Crippen molar-refractivity contribution in [2.45, 2.75) is 26.6 Å². The third-order valence-corrected chi connectivity index (χ3v) is 4.66. The third-order valence-electron chi connectivity index (χ3n) is 4.66. The first-order chi connectivity index (χ1) is 13.3. The van der Waals surface area contributed by atoms with E-state index in [1.807, 2.05) is 18.5 Å². The molecule has 0 aliphatic carbocycles. The monoisotopic (exact) mass is 354 g/mol. The molecule has 4 rings (SSSR count). The summed E-state index contributed by atoms with van der Waals surface area (Å²) in [6.07, 6.45) is 7.21. The molecule has 27 heavy (non-hydrogen) atoms. The Kier molecular flexibility index (Phi) is 5.17. The highest BCUT2D eigenvalue weighted by atomic mass is 15.1. The maximum absolute atomic E-state index is 4.56. The molecule has 4 aromatic rings. The highest BCUT2D eigenvalue weighted by molar-refractivity contribution is 5.77. The van der Waals surface area contributed by atoms with E-state index in [1.54, 1.807) is 12.4 Å². The predicted octanol–water partition coefficient (Wildman–Crippen LogP) is 4.54. The summed E-state index contributed by atoms with van der Waals surface area (Å²) in [6.45, 7) is 4.66. The number of hydrogen-bond acceptors (Lipinski definition) is 4. The summed E-state index contributed by atoms with van der Waals surface area (Å²) in [5, 5.41) is 0. The molecule has 0 atom stereocenters. The summed E-state index contributed by atoms with van der Waals surface area (Å²) < 4.78 is 0. The molecule has 2 aromatic heterocycles. The van der Waals surface area contributed by atoms with Gasteiger partial charge in [-0.05, 0) is 41.8 Å². The van der Waals surface area contributed by atoms with E-state index in [1.165, 1.54) is 22.3 Å². The van der Waals surface area contributed by atoms with Crippen molar-refractivity contribution in [2.75, 3.05) is 0 Å². The smallest absolute Gasteiger partial charge is 0.0931 e. The van der Waals surface area contributed by atoms with Gasteiger partial charge < -0.3 is 0 Å². The van der Waals surface area contributed by atoms with Crippen molar-refractivity contribution in [3.63, 3.8) is 0 Å². The average molecular weight is 354 g/mol. The Labute approximate surface area is 159 Å². The number of aryl methyl sites for hydroxylation is 1. The van der Waals surface area contributed by atoms with Gasteiger partial charge in [-0.1, -0.05) is 42.0 Å². The van der Waals surface area contributed by atoms with Crippen LogP contribution in [0.25, 0.3) is 11.0 Å². The first-order valence-corrected chi connectivity index (χ1v) is 9.13. The number of nitrogens with zero attached hydrogens (tertiary/aromatic N) is 4. The van der Waals surface area contributed by atoms with Crippen LogP contribution >= 0.6 is 0 Å². The van der Waals surface area contributed by atoms with Gasteiger partial charge in [-0.3, -0.25) is 19.9 Å². The number of pyridine rings is 1. The minimum absolute atomic E-state index is 0.812. The molecule has 0 spiro atoms. The maximum atomic E-state index is 4.56. The van der Waals surface area contributed by atoms with Gasteiger partial charge in [0, 0.05) is 44.4 Å². The largest absolute Gasteiger partial charge is 0.290 e. The van der Waals surface area contributed by atoms with Crippen LogP contribution in [0.1, 0.15) is 22.3 Å². The van der Waals surface area contributed by atoms with Crippen LogP contribution in [0.4, 0.5) is 0 Å². The van der Waals surface area contributed by atoms with Crippen LogP contribution in [0, 0.1) is 6.92 Å². The van der Waals surface area contributed by atoms with E-state index in [0.717, 1.165) is 30.7 Å². The molecule has 2 aromatic carbocycles. The van der Waals surface area contributed by atoms with Crippen molar-refractivity contribution in [1.82, 2.24) is 19.9 Å². The molecule has 0 radical (unpaired) electrons. The van der Waals surface area contributed by atoms with Gasteiger partial charge in [0.05, 0.1) is 11.0 Å². The molecule has 0 aliphatic heterocycles. The van der Waals surface area contributed by atoms with Crippen LogP contribution in [-0.4, -0.2) is 19.9 Å². The molecular formula is C23H22N4. The Morgan fingerprint density at radius 2 is 1.41 bits per heavy atom. The second kappa shape index (κ2) is 8.06. The molecule has 0 amide bonds. The lowest BCUT2D eigenvalue weighted by Crippen LogP contribution is -2.22. The highest BCUT2D eigenvalue weighted by Crippen LogP contribution is 2.19. The number of benzene rings is 2. The van der Waals surface area contributed by atoms with Gasteiger partial charge in [-0.25, -0.2) is 0 Å². The fourth-order valence-electron chi connectivity index (χ4n) is 3.29. The SMILES string of the molecule is Cc1ccc(CN(Cc2ccncc2)Cc2cccc3nccnc23)cc1. The molecule has 134 valence electrons. The van der Waals surface area contributed by atoms with E-state index in [4.69, 9.17) is 0 Å². The van der Waals surface area contributed by atoms with E-state index in [9.17, 15) is 0 Å². The second-order valence-corrected chi connectivity index (χ2v) is 6.83. The fraction of sp³-hybridized carbons (Fsp3) is 0.174. The zero-order chi connectivity index (χ0) is 18.5. The lowest BCUT2D eigenvalue weighted by atomic mass is 10.1. The van der Waals surface area contributed by atoms with Crippen LogP contribution in [0.3, 0.4) is 0 Å². The molecule has 0 unspecified atom stereocenters. The Bertz CT molecular complexity index is 1010. The number of fused-ring (bicyclic) bond motifs is 1. The van der Waals surface area contributed by atoms with Crippen LogP contribution in [0.2, 0.25) is 0 Å². The van der Waals surface area contributed by atoms with Crippen molar-refractivity contribution in [2.24, 2.45) is 0 Å². The zero-order valence-electron chi connectivity index (χ0n) is 15.4. The van der Waals surface area contributed by atoms with Crippen molar-refractivity contribution >= 4 is 11.0 Å². The van der Waals surface area contributed by atoms with Gasteiger partial charge in [0.15, 0.2) is 0 Å². The molecule has 4 heteroatoms. The third kappa shape index (κ3) is 4.36. The molecular weight excluding hydrogens is 332 g/mol. The minimum atomic E-state index is 0.812. The van der Waals surface area contributed by atoms with Crippen molar-refractivity contribution in [3.8, 4) is 0 Å². The van der Waals surface area contributed by atoms with Gasteiger partial charge in [-0.2, -0.15) is 0 Å². The molecule has 0 saturated carbocycles. The van der Waals surface area contributed by atoms with Crippen LogP contribution in [-0.2, 0) is 19.6 Å². The van der Waals surface area contributed by atoms with E-state index < -0.39 is 0 Å². The quantitative estimate of drug-likeness (QED) is 0.510. The maximum Gasteiger partial charge on any atom is 0.0931 e. The Morgan fingerprint density at radius 1 is 0.704 bits per heavy atom. The Morgan fingerprint density at radius 3 is 2.19 bits per heavy atom. The van der Waals surface area contributed by atoms with Crippen LogP contribution in [0.15, 0.2) is 79.4 Å². The van der Waals surface area contributed by atoms with Crippen molar-refractivity contribution < 1.29 is 0 Å². The van der Waals surface area contributed by atoms with Gasteiger partial charge in [0.2, 0.25) is 0 Å². The number of aromatic nitrogens is 3. The van der Waals surface area contributed by atoms with Crippen LogP contribution < -0.4 is 0 Å². The summed E-state index contributed by atoms with van der Waals surface area (Å²) in [5.41, 5.74) is 6.95. The van der Waals surface area contributed by atoms with E-state index >= 15 is 0 Å². The zero-order valence-corrected chi connectivity index (χ0v) is 15.4. The summed E-state index contributed by atoms with van der Waals surface area (Å²) in [4.78, 5) is 15.6. The van der Waals surface area contributed by atoms with Gasteiger partial charge >= 0.3 is 0 Å². The standard InChI is InChI=1S/C23H22N4/c1-18-5-7-19(8-6-18)15-27(16-20-9-11-24-12-10-20)17-21-3-2-4-22-23(21)26-14-13-25-22/h2-14H,15-17H2,1H3. The number of hydrogen-bond donors (Lipinski definition) is 0. The predicted molar refractivity (Wildman–Crippen MR) is 108 cm³/mol. The van der Waals surface area contributed by atoms with E-state index in [2.05, 4.69) is 75.3 Å². The molecule has 2 heterocycles. The molecule has 0 N–H and O–H groups in total. The van der Waals surface area contributed by atoms with Gasteiger partial charge in [0.25, 0.3) is 0 Å². The summed E-state index contributed by atoms with van der Waals surface area (Å²) in [5.74, 6) is 0. The molecule has 0 aliphatic rings. The first-order valence-electron chi connectivity index (χ1n) is 9.13. The lowest BCUT2D eigenvalue weighted by molar-refractivity contribution is 0.248. The summed E-state index contributed by atoms with van der Waals surface area (Å²) >= 11 is 0. The normalized spacial score (nSPS) is 11.2. The molecule has 0 saturated heterocycles. The molecule has 4 nitrogen and oxygen atoms in total. The Hall–Kier alpha value is -3.11. The average Bonchev–Trinajstić information content (AvgIpc) is 2.71. The second-order valence-electron chi connectivity index (χ2n) is 6.83. The number of rotatable bonds is 6. The fourth-order valence-corrected chi connectivity index (χ4v) is 3.29. The topological polar surface area (TPSA) is 41.9 Å². The van der Waals surface area contributed by atoms with E-state index in [-0.39, 0.29) is 0 Å². The summed E-state index contributed by atoms with van der Waals surface area (Å²) in [7, 11) is 0. The van der Waals surface area contributed by atoms with Gasteiger partial charge in [0.1, 0.15) is 0 Å². The highest BCUT2D eigenvalue weighted by Gasteiger charge is 2.11. The minimum Gasteiger partial charge on any atom is -0.290 e. The van der Waals surface area contributed by atoms with E-state index in [0.29, 0.717) is 0 Å².